The Morgan fingerprint density at radius 3 is 2.86 bits per heavy atom. The Morgan fingerprint density at radius 1 is 1.28 bits per heavy atom. The Balaban J connectivity index is 1.74. The molecule has 29 heavy (non-hydrogen) atoms. The minimum absolute atomic E-state index is 0.235. The topological polar surface area (TPSA) is 56.1 Å². The number of nitrogens with zero attached hydrogens (tertiary/aromatic N) is 5. The summed E-state index contributed by atoms with van der Waals surface area (Å²) in [4.78, 5) is 6.47. The van der Waals surface area contributed by atoms with Crippen molar-refractivity contribution in [2.75, 3.05) is 20.7 Å². The molecule has 1 aromatic carbocycles. The van der Waals surface area contributed by atoms with Crippen LogP contribution in [0.25, 0.3) is 5.57 Å². The molecule has 0 aliphatic carbocycles. The molecule has 6 nitrogen and oxygen atoms in total. The van der Waals surface area contributed by atoms with Crippen LogP contribution in [-0.2, 0) is 19.4 Å². The van der Waals surface area contributed by atoms with Crippen molar-refractivity contribution in [1.29, 1.82) is 0 Å². The summed E-state index contributed by atoms with van der Waals surface area (Å²) in [6, 6.07) is 7.22. The molecule has 4 rings (SSSR count). The van der Waals surface area contributed by atoms with Gasteiger partial charge in [-0.3, -0.25) is 4.98 Å². The Hall–Kier alpha value is -3.22. The van der Waals surface area contributed by atoms with Gasteiger partial charge in [0.2, 0.25) is 0 Å². The number of pyridine rings is 1. The molecule has 3 aromatic rings. The van der Waals surface area contributed by atoms with Crippen molar-refractivity contribution in [2.45, 2.75) is 26.3 Å². The molecule has 2 aromatic heterocycles. The minimum Gasteiger partial charge on any atom is -0.493 e. The second kappa shape index (κ2) is 8.03. The van der Waals surface area contributed by atoms with Crippen LogP contribution in [0.1, 0.15) is 35.1 Å². The zero-order valence-corrected chi connectivity index (χ0v) is 16.9. The van der Waals surface area contributed by atoms with Gasteiger partial charge in [0.05, 0.1) is 13.2 Å². The van der Waals surface area contributed by atoms with Crippen molar-refractivity contribution < 1.29 is 9.13 Å². The monoisotopic (exact) mass is 393 g/mol. The third-order valence-electron chi connectivity index (χ3n) is 5.01. The van der Waals surface area contributed by atoms with Crippen molar-refractivity contribution >= 4 is 5.57 Å². The fourth-order valence-electron chi connectivity index (χ4n) is 3.55. The lowest BCUT2D eigenvalue weighted by Crippen LogP contribution is -2.11. The molecule has 1 aliphatic rings. The third kappa shape index (κ3) is 3.85. The predicted octanol–water partition coefficient (Wildman–Crippen LogP) is 3.31. The largest absolute Gasteiger partial charge is 0.493 e. The SMILES string of the molecule is CCc1ccc(/C(=C/N(C)C)c2nncn2Cc2c(F)ccc3c2CCO3)cn1. The maximum absolute atomic E-state index is 14.6. The van der Waals surface area contributed by atoms with Gasteiger partial charge in [-0.1, -0.05) is 13.0 Å². The number of fused-ring (bicyclic) bond motifs is 1. The summed E-state index contributed by atoms with van der Waals surface area (Å²) in [6.45, 7) is 3.00. The van der Waals surface area contributed by atoms with E-state index in [2.05, 4.69) is 22.1 Å². The first-order chi connectivity index (χ1) is 14.1. The first kappa shape index (κ1) is 19.1. The molecule has 0 fully saturated rings. The van der Waals surface area contributed by atoms with E-state index in [0.717, 1.165) is 34.6 Å². The van der Waals surface area contributed by atoms with Crippen LogP contribution in [0.2, 0.25) is 0 Å². The Morgan fingerprint density at radius 2 is 2.14 bits per heavy atom. The standard InChI is InChI=1S/C22H24FN5O/c1-4-16-6-5-15(11-24-16)18(12-27(2)3)22-26-25-14-28(22)13-19-17-9-10-29-21(17)8-7-20(19)23/h5-8,11-12,14H,4,9-10,13H2,1-3H3/b18-12-. The van der Waals surface area contributed by atoms with Gasteiger partial charge in [-0.2, -0.15) is 0 Å². The summed E-state index contributed by atoms with van der Waals surface area (Å²) in [5.41, 5.74) is 4.40. The molecule has 0 amide bonds. The molecule has 0 saturated heterocycles. The molecule has 3 heterocycles. The van der Waals surface area contributed by atoms with Crippen LogP contribution in [0.5, 0.6) is 5.75 Å². The van der Waals surface area contributed by atoms with E-state index in [1.54, 1.807) is 12.4 Å². The highest BCUT2D eigenvalue weighted by molar-refractivity contribution is 5.75. The zero-order valence-electron chi connectivity index (χ0n) is 16.9. The maximum Gasteiger partial charge on any atom is 0.166 e. The predicted molar refractivity (Wildman–Crippen MR) is 109 cm³/mol. The lowest BCUT2D eigenvalue weighted by Gasteiger charge is -2.15. The summed E-state index contributed by atoms with van der Waals surface area (Å²) in [6.07, 6.45) is 7.06. The molecule has 0 atom stereocenters. The summed E-state index contributed by atoms with van der Waals surface area (Å²) in [5, 5.41) is 8.45. The molecule has 0 bridgehead atoms. The van der Waals surface area contributed by atoms with E-state index >= 15 is 0 Å². The van der Waals surface area contributed by atoms with Gasteiger partial charge >= 0.3 is 0 Å². The van der Waals surface area contributed by atoms with E-state index in [0.29, 0.717) is 31.0 Å². The summed E-state index contributed by atoms with van der Waals surface area (Å²) < 4.78 is 22.1. The first-order valence-electron chi connectivity index (χ1n) is 9.71. The molecular formula is C22H24FN5O. The van der Waals surface area contributed by atoms with E-state index in [-0.39, 0.29) is 5.82 Å². The van der Waals surface area contributed by atoms with Crippen molar-refractivity contribution in [3.63, 3.8) is 0 Å². The van der Waals surface area contributed by atoms with E-state index in [4.69, 9.17) is 4.74 Å². The highest BCUT2D eigenvalue weighted by Crippen LogP contribution is 2.31. The minimum atomic E-state index is -0.235. The van der Waals surface area contributed by atoms with Crippen LogP contribution in [-0.4, -0.2) is 45.4 Å². The fourth-order valence-corrected chi connectivity index (χ4v) is 3.55. The van der Waals surface area contributed by atoms with E-state index in [1.165, 1.54) is 6.07 Å². The lowest BCUT2D eigenvalue weighted by atomic mass is 10.0. The number of halogens is 1. The summed E-state index contributed by atoms with van der Waals surface area (Å²) in [7, 11) is 3.91. The average molecular weight is 393 g/mol. The van der Waals surface area contributed by atoms with Gasteiger partial charge in [-0.05, 0) is 24.6 Å². The highest BCUT2D eigenvalue weighted by Gasteiger charge is 2.22. The number of ether oxygens (including phenoxy) is 1. The number of aromatic nitrogens is 4. The van der Waals surface area contributed by atoms with Crippen LogP contribution in [0.4, 0.5) is 4.39 Å². The number of rotatable bonds is 6. The molecule has 0 radical (unpaired) electrons. The highest BCUT2D eigenvalue weighted by atomic mass is 19.1. The van der Waals surface area contributed by atoms with Crippen molar-refractivity contribution in [3.05, 3.63) is 77.0 Å². The third-order valence-corrected chi connectivity index (χ3v) is 5.01. The Bertz CT molecular complexity index is 1040. The van der Waals surface area contributed by atoms with Crippen LogP contribution in [0.15, 0.2) is 43.0 Å². The second-order valence-corrected chi connectivity index (χ2v) is 7.28. The van der Waals surface area contributed by atoms with Gasteiger partial charge in [0, 0.05) is 60.9 Å². The normalized spacial score (nSPS) is 13.3. The van der Waals surface area contributed by atoms with Gasteiger partial charge in [-0.15, -0.1) is 10.2 Å². The lowest BCUT2D eigenvalue weighted by molar-refractivity contribution is 0.356. The van der Waals surface area contributed by atoms with Crippen LogP contribution in [0, 0.1) is 5.82 Å². The van der Waals surface area contributed by atoms with Gasteiger partial charge in [0.15, 0.2) is 5.82 Å². The van der Waals surface area contributed by atoms with Crippen molar-refractivity contribution in [2.24, 2.45) is 0 Å². The number of hydrogen-bond donors (Lipinski definition) is 0. The van der Waals surface area contributed by atoms with Gasteiger partial charge < -0.3 is 14.2 Å². The van der Waals surface area contributed by atoms with Gasteiger partial charge in [0.25, 0.3) is 0 Å². The Labute approximate surface area is 169 Å². The van der Waals surface area contributed by atoms with Gasteiger partial charge in [0.1, 0.15) is 17.9 Å². The van der Waals surface area contributed by atoms with E-state index < -0.39 is 0 Å². The van der Waals surface area contributed by atoms with Crippen LogP contribution in [0.3, 0.4) is 0 Å². The molecule has 0 N–H and O–H groups in total. The van der Waals surface area contributed by atoms with Crippen molar-refractivity contribution in [1.82, 2.24) is 24.6 Å². The van der Waals surface area contributed by atoms with Crippen LogP contribution >= 0.6 is 0 Å². The van der Waals surface area contributed by atoms with E-state index in [9.17, 15) is 4.39 Å². The maximum atomic E-state index is 14.6. The summed E-state index contributed by atoms with van der Waals surface area (Å²) >= 11 is 0. The second-order valence-electron chi connectivity index (χ2n) is 7.28. The molecule has 1 aliphatic heterocycles. The number of hydrogen-bond acceptors (Lipinski definition) is 5. The summed E-state index contributed by atoms with van der Waals surface area (Å²) in [5.74, 6) is 1.20. The van der Waals surface area contributed by atoms with Gasteiger partial charge in [-0.25, -0.2) is 4.39 Å². The van der Waals surface area contributed by atoms with Crippen molar-refractivity contribution in [3.8, 4) is 5.75 Å². The molecule has 0 unspecified atom stereocenters. The average Bonchev–Trinajstić information content (AvgIpc) is 3.37. The number of aryl methyl sites for hydroxylation is 1. The fraction of sp³-hybridized carbons (Fsp3) is 0.318. The molecule has 0 spiro atoms. The first-order valence-corrected chi connectivity index (χ1v) is 9.71. The molecule has 7 heteroatoms. The molecule has 0 saturated carbocycles. The number of benzene rings is 1. The Kier molecular flexibility index (Phi) is 5.29. The molecule has 150 valence electrons. The van der Waals surface area contributed by atoms with E-state index in [1.807, 2.05) is 48.1 Å². The molecular weight excluding hydrogens is 369 g/mol. The van der Waals surface area contributed by atoms with Crippen LogP contribution < -0.4 is 4.74 Å². The smallest absolute Gasteiger partial charge is 0.166 e. The quantitative estimate of drug-likeness (QED) is 0.643. The zero-order chi connectivity index (χ0) is 20.4.